The van der Waals surface area contributed by atoms with Crippen LogP contribution in [0, 0.1) is 6.92 Å². The Balaban J connectivity index is 1.94. The van der Waals surface area contributed by atoms with Crippen LogP contribution in [0.2, 0.25) is 5.02 Å². The second-order valence-corrected chi connectivity index (χ2v) is 4.73. The van der Waals surface area contributed by atoms with Crippen molar-refractivity contribution in [1.29, 1.82) is 0 Å². The van der Waals surface area contributed by atoms with Crippen molar-refractivity contribution >= 4 is 23.1 Å². The zero-order valence-electron chi connectivity index (χ0n) is 10.8. The van der Waals surface area contributed by atoms with Gasteiger partial charge < -0.3 is 9.84 Å². The van der Waals surface area contributed by atoms with E-state index in [2.05, 4.69) is 15.5 Å². The molecule has 1 aromatic carbocycles. The third-order valence-corrected chi connectivity index (χ3v) is 3.24. The molecule has 0 saturated carbocycles. The highest BCUT2D eigenvalue weighted by atomic mass is 35.5. The quantitative estimate of drug-likeness (QED) is 0.773. The summed E-state index contributed by atoms with van der Waals surface area (Å²) in [6.07, 6.45) is 1.55. The van der Waals surface area contributed by atoms with Crippen LogP contribution >= 0.6 is 11.6 Å². The van der Waals surface area contributed by atoms with E-state index in [1.807, 2.05) is 49.4 Å². The molecule has 0 atom stereocenters. The summed E-state index contributed by atoms with van der Waals surface area (Å²) in [7, 11) is 0. The van der Waals surface area contributed by atoms with E-state index < -0.39 is 0 Å². The molecule has 0 saturated heterocycles. The first-order chi connectivity index (χ1) is 9.74. The molecular formula is C15H12ClN3O. The first-order valence-electron chi connectivity index (χ1n) is 6.14. The highest BCUT2D eigenvalue weighted by Crippen LogP contribution is 2.27. The molecule has 100 valence electrons. The molecule has 1 N–H and O–H groups in total. The van der Waals surface area contributed by atoms with Gasteiger partial charge in [0, 0.05) is 10.6 Å². The Morgan fingerprint density at radius 3 is 2.70 bits per heavy atom. The summed E-state index contributed by atoms with van der Waals surface area (Å²) in [5.74, 6) is 0.716. The number of rotatable bonds is 3. The van der Waals surface area contributed by atoms with Gasteiger partial charge in [0.25, 0.3) is 0 Å². The minimum atomic E-state index is 0.679. The van der Waals surface area contributed by atoms with Crippen LogP contribution in [-0.2, 0) is 0 Å². The molecule has 2 aromatic heterocycles. The fourth-order valence-corrected chi connectivity index (χ4v) is 2.11. The number of anilines is 2. The third kappa shape index (κ3) is 2.51. The van der Waals surface area contributed by atoms with Crippen LogP contribution in [0.3, 0.4) is 0 Å². The first-order valence-corrected chi connectivity index (χ1v) is 6.52. The van der Waals surface area contributed by atoms with E-state index in [0.717, 1.165) is 22.6 Å². The number of nitrogens with one attached hydrogen (secondary N) is 1. The van der Waals surface area contributed by atoms with Crippen molar-refractivity contribution in [2.45, 2.75) is 6.92 Å². The molecule has 5 heteroatoms. The van der Waals surface area contributed by atoms with E-state index >= 15 is 0 Å². The summed E-state index contributed by atoms with van der Waals surface area (Å²) in [4.78, 5) is 4.55. The van der Waals surface area contributed by atoms with Gasteiger partial charge in [0.1, 0.15) is 23.5 Å². The standard InChI is InChI=1S/C15H12ClN3O/c1-10-14(9-20-19-10)18-15-8-4-7-13(17-15)11-5-2-3-6-12(11)16/h2-9H,1H3,(H,17,18). The molecule has 20 heavy (non-hydrogen) atoms. The molecule has 3 rings (SSSR count). The lowest BCUT2D eigenvalue weighted by Crippen LogP contribution is -1.95. The van der Waals surface area contributed by atoms with Crippen LogP contribution in [0.15, 0.2) is 53.3 Å². The third-order valence-electron chi connectivity index (χ3n) is 2.91. The van der Waals surface area contributed by atoms with Crippen LogP contribution in [0.5, 0.6) is 0 Å². The van der Waals surface area contributed by atoms with Gasteiger partial charge in [0.15, 0.2) is 0 Å². The molecular weight excluding hydrogens is 274 g/mol. The number of aromatic nitrogens is 2. The fraction of sp³-hybridized carbons (Fsp3) is 0.0667. The van der Waals surface area contributed by atoms with Gasteiger partial charge in [0.05, 0.1) is 5.69 Å². The van der Waals surface area contributed by atoms with Gasteiger partial charge in [-0.15, -0.1) is 0 Å². The van der Waals surface area contributed by atoms with Crippen molar-refractivity contribution in [2.75, 3.05) is 5.32 Å². The molecule has 3 aromatic rings. The molecule has 0 bridgehead atoms. The summed E-state index contributed by atoms with van der Waals surface area (Å²) >= 11 is 6.19. The monoisotopic (exact) mass is 285 g/mol. The van der Waals surface area contributed by atoms with Gasteiger partial charge in [-0.25, -0.2) is 4.98 Å². The van der Waals surface area contributed by atoms with E-state index in [1.54, 1.807) is 6.26 Å². The highest BCUT2D eigenvalue weighted by Gasteiger charge is 2.07. The van der Waals surface area contributed by atoms with Crippen LogP contribution in [0.25, 0.3) is 11.3 Å². The number of pyridine rings is 1. The highest BCUT2D eigenvalue weighted by molar-refractivity contribution is 6.33. The second-order valence-electron chi connectivity index (χ2n) is 4.33. The predicted molar refractivity (Wildman–Crippen MR) is 79.2 cm³/mol. The lowest BCUT2D eigenvalue weighted by atomic mass is 10.1. The number of hydrogen-bond acceptors (Lipinski definition) is 4. The number of nitrogens with zero attached hydrogens (tertiary/aromatic N) is 2. The van der Waals surface area contributed by atoms with Crippen molar-refractivity contribution < 1.29 is 4.52 Å². The Hall–Kier alpha value is -2.33. The Morgan fingerprint density at radius 1 is 1.10 bits per heavy atom. The van der Waals surface area contributed by atoms with Crippen LogP contribution in [0.4, 0.5) is 11.5 Å². The van der Waals surface area contributed by atoms with Crippen molar-refractivity contribution in [2.24, 2.45) is 0 Å². The van der Waals surface area contributed by atoms with Gasteiger partial charge >= 0.3 is 0 Å². The van der Waals surface area contributed by atoms with Gasteiger partial charge in [0.2, 0.25) is 0 Å². The lowest BCUT2D eigenvalue weighted by Gasteiger charge is -2.07. The molecule has 0 fully saturated rings. The van der Waals surface area contributed by atoms with Crippen LogP contribution in [-0.4, -0.2) is 10.1 Å². The first kappa shape index (κ1) is 12.7. The summed E-state index contributed by atoms with van der Waals surface area (Å²) in [5.41, 5.74) is 3.30. The predicted octanol–water partition coefficient (Wildman–Crippen LogP) is 4.44. The van der Waals surface area contributed by atoms with Crippen molar-refractivity contribution in [3.05, 3.63) is 59.4 Å². The summed E-state index contributed by atoms with van der Waals surface area (Å²) in [6, 6.07) is 13.4. The Bertz CT molecular complexity index is 739. The van der Waals surface area contributed by atoms with E-state index in [0.29, 0.717) is 10.8 Å². The van der Waals surface area contributed by atoms with E-state index in [9.17, 15) is 0 Å². The average Bonchev–Trinajstić information content (AvgIpc) is 2.85. The maximum atomic E-state index is 6.19. The summed E-state index contributed by atoms with van der Waals surface area (Å²) < 4.78 is 4.89. The van der Waals surface area contributed by atoms with Crippen molar-refractivity contribution in [1.82, 2.24) is 10.1 Å². The zero-order chi connectivity index (χ0) is 13.9. The maximum Gasteiger partial charge on any atom is 0.147 e. The summed E-state index contributed by atoms with van der Waals surface area (Å²) in [6.45, 7) is 1.86. The fourth-order valence-electron chi connectivity index (χ4n) is 1.87. The molecule has 0 amide bonds. The molecule has 0 radical (unpaired) electrons. The lowest BCUT2D eigenvalue weighted by molar-refractivity contribution is 0.415. The molecule has 0 unspecified atom stereocenters. The Morgan fingerprint density at radius 2 is 1.95 bits per heavy atom. The normalized spacial score (nSPS) is 10.5. The maximum absolute atomic E-state index is 6.19. The van der Waals surface area contributed by atoms with Gasteiger partial charge in [-0.3, -0.25) is 0 Å². The van der Waals surface area contributed by atoms with Crippen molar-refractivity contribution in [3.8, 4) is 11.3 Å². The summed E-state index contributed by atoms with van der Waals surface area (Å²) in [5, 5.41) is 7.67. The van der Waals surface area contributed by atoms with Gasteiger partial charge in [-0.1, -0.05) is 41.0 Å². The smallest absolute Gasteiger partial charge is 0.147 e. The Kier molecular flexibility index (Phi) is 3.39. The van der Waals surface area contributed by atoms with E-state index in [-0.39, 0.29) is 0 Å². The van der Waals surface area contributed by atoms with E-state index in [1.165, 1.54) is 0 Å². The van der Waals surface area contributed by atoms with Crippen molar-refractivity contribution in [3.63, 3.8) is 0 Å². The molecule has 0 spiro atoms. The molecule has 0 aliphatic rings. The van der Waals surface area contributed by atoms with E-state index in [4.69, 9.17) is 16.1 Å². The zero-order valence-corrected chi connectivity index (χ0v) is 11.6. The molecule has 4 nitrogen and oxygen atoms in total. The average molecular weight is 286 g/mol. The SMILES string of the molecule is Cc1nocc1Nc1cccc(-c2ccccc2Cl)n1. The topological polar surface area (TPSA) is 51.0 Å². The van der Waals surface area contributed by atoms with Crippen LogP contribution in [0.1, 0.15) is 5.69 Å². The number of hydrogen-bond donors (Lipinski definition) is 1. The number of benzene rings is 1. The molecule has 0 aliphatic heterocycles. The van der Waals surface area contributed by atoms with Crippen LogP contribution < -0.4 is 5.32 Å². The Labute approximate surface area is 121 Å². The van der Waals surface area contributed by atoms with Gasteiger partial charge in [-0.05, 0) is 25.1 Å². The molecule has 2 heterocycles. The largest absolute Gasteiger partial charge is 0.362 e. The molecule has 0 aliphatic carbocycles. The second kappa shape index (κ2) is 5.35. The number of aryl methyl sites for hydroxylation is 1. The minimum Gasteiger partial charge on any atom is -0.362 e. The number of halogens is 1. The van der Waals surface area contributed by atoms with Gasteiger partial charge in [-0.2, -0.15) is 0 Å². The minimum absolute atomic E-state index is 0.679.